The Labute approximate surface area is 186 Å². The number of nitrogens with one attached hydrogen (secondary N) is 1. The van der Waals surface area contributed by atoms with E-state index in [2.05, 4.69) is 11.4 Å². The lowest BCUT2D eigenvalue weighted by molar-refractivity contribution is -0.140. The molecule has 4 saturated carbocycles. The zero-order chi connectivity index (χ0) is 21.8. The number of carboxylic acid groups (broad SMARTS) is 1. The number of aliphatic carboxylic acids is 1. The Bertz CT molecular complexity index is 659. The van der Waals surface area contributed by atoms with Crippen LogP contribution in [0.1, 0.15) is 83.5 Å². The van der Waals surface area contributed by atoms with Crippen LogP contribution in [0.3, 0.4) is 0 Å². The Morgan fingerprint density at radius 1 is 0.903 bits per heavy atom. The molecule has 0 bridgehead atoms. The first-order valence-corrected chi connectivity index (χ1v) is 12.6. The third kappa shape index (κ3) is 5.18. The fourth-order valence-corrected chi connectivity index (χ4v) is 7.51. The molecular formula is C25H38N2O4. The van der Waals surface area contributed by atoms with Crippen molar-refractivity contribution in [3.8, 4) is 6.07 Å². The number of nitrogens with zero attached hydrogens (tertiary/aromatic N) is 1. The van der Waals surface area contributed by atoms with E-state index in [4.69, 9.17) is 10.00 Å². The maximum absolute atomic E-state index is 12.5. The summed E-state index contributed by atoms with van der Waals surface area (Å²) in [5.41, 5.74) is 0. The van der Waals surface area contributed by atoms with Gasteiger partial charge < -0.3 is 15.2 Å². The standard InChI is InChI=1S/C25H38N2O4/c26-14-17-11-9-16(10-12-17)13-23(24(28)29)27-25(30)31-15-22-20-7-3-1-5-18(20)19-6-2-4-8-21(19)22/h16-23H,1-13,15H2,(H,27,30)(H,28,29). The zero-order valence-corrected chi connectivity index (χ0v) is 18.6. The van der Waals surface area contributed by atoms with E-state index >= 15 is 0 Å². The van der Waals surface area contributed by atoms with Gasteiger partial charge in [0.1, 0.15) is 6.04 Å². The molecule has 0 aromatic rings. The van der Waals surface area contributed by atoms with Crippen molar-refractivity contribution in [2.45, 2.75) is 89.5 Å². The third-order valence-corrected chi connectivity index (χ3v) is 8.99. The van der Waals surface area contributed by atoms with E-state index in [1.54, 1.807) is 0 Å². The average molecular weight is 431 g/mol. The smallest absolute Gasteiger partial charge is 0.407 e. The topological polar surface area (TPSA) is 99.4 Å². The summed E-state index contributed by atoms with van der Waals surface area (Å²) in [7, 11) is 0. The number of carbonyl (C=O) groups is 2. The van der Waals surface area contributed by atoms with Crippen LogP contribution in [-0.2, 0) is 9.53 Å². The first-order chi connectivity index (χ1) is 15.1. The highest BCUT2D eigenvalue weighted by molar-refractivity contribution is 5.79. The van der Waals surface area contributed by atoms with Crippen molar-refractivity contribution in [1.29, 1.82) is 5.26 Å². The normalized spacial score (nSPS) is 38.2. The van der Waals surface area contributed by atoms with Gasteiger partial charge in [-0.3, -0.25) is 0 Å². The molecule has 4 aliphatic carbocycles. The number of hydrogen-bond acceptors (Lipinski definition) is 4. The molecular weight excluding hydrogens is 392 g/mol. The highest BCUT2D eigenvalue weighted by Gasteiger charge is 2.51. The molecule has 2 N–H and O–H groups in total. The SMILES string of the molecule is N#CC1CCC(CC(NC(=O)OCC2C3CCCCC3C3CCCCC32)C(=O)O)CC1. The molecule has 4 rings (SSSR count). The van der Waals surface area contributed by atoms with Gasteiger partial charge in [-0.15, -0.1) is 0 Å². The number of carbonyl (C=O) groups excluding carboxylic acids is 1. The quantitative estimate of drug-likeness (QED) is 0.609. The molecule has 0 spiro atoms. The molecule has 0 aliphatic heterocycles. The van der Waals surface area contributed by atoms with Crippen molar-refractivity contribution in [2.75, 3.05) is 6.61 Å². The molecule has 0 aromatic carbocycles. The summed E-state index contributed by atoms with van der Waals surface area (Å²) < 4.78 is 5.67. The van der Waals surface area contributed by atoms with Gasteiger partial charge in [-0.25, -0.2) is 9.59 Å². The largest absolute Gasteiger partial charge is 0.480 e. The van der Waals surface area contributed by atoms with Gasteiger partial charge in [0.2, 0.25) is 0 Å². The lowest BCUT2D eigenvalue weighted by Crippen LogP contribution is -2.43. The first kappa shape index (κ1) is 22.4. The van der Waals surface area contributed by atoms with Gasteiger partial charge in [0, 0.05) is 5.92 Å². The molecule has 0 heterocycles. The van der Waals surface area contributed by atoms with Crippen LogP contribution in [0.4, 0.5) is 4.79 Å². The molecule has 172 valence electrons. The fourth-order valence-electron chi connectivity index (χ4n) is 7.51. The number of rotatable bonds is 6. The lowest BCUT2D eigenvalue weighted by Gasteiger charge is -2.32. The van der Waals surface area contributed by atoms with Crippen molar-refractivity contribution < 1.29 is 19.4 Å². The summed E-state index contributed by atoms with van der Waals surface area (Å²) in [5, 5.41) is 21.3. The molecule has 5 unspecified atom stereocenters. The lowest BCUT2D eigenvalue weighted by atomic mass is 9.73. The number of amides is 1. The Morgan fingerprint density at radius 3 is 1.97 bits per heavy atom. The second-order valence-corrected chi connectivity index (χ2v) is 10.6. The van der Waals surface area contributed by atoms with E-state index in [-0.39, 0.29) is 11.8 Å². The molecule has 0 aromatic heterocycles. The number of carboxylic acids is 1. The van der Waals surface area contributed by atoms with Crippen LogP contribution in [0.25, 0.3) is 0 Å². The Morgan fingerprint density at radius 2 is 1.45 bits per heavy atom. The van der Waals surface area contributed by atoms with Crippen molar-refractivity contribution in [1.82, 2.24) is 5.32 Å². The third-order valence-electron chi connectivity index (χ3n) is 8.99. The molecule has 6 heteroatoms. The average Bonchev–Trinajstić information content (AvgIpc) is 3.11. The summed E-state index contributed by atoms with van der Waals surface area (Å²) in [6.07, 6.45) is 13.7. The highest BCUT2D eigenvalue weighted by atomic mass is 16.5. The maximum Gasteiger partial charge on any atom is 0.407 e. The van der Waals surface area contributed by atoms with Gasteiger partial charge in [0.15, 0.2) is 0 Å². The molecule has 0 radical (unpaired) electrons. The maximum atomic E-state index is 12.5. The molecule has 31 heavy (non-hydrogen) atoms. The molecule has 0 saturated heterocycles. The Kier molecular flexibility index (Phi) is 7.40. The first-order valence-electron chi connectivity index (χ1n) is 12.6. The number of nitriles is 1. The monoisotopic (exact) mass is 430 g/mol. The summed E-state index contributed by atoms with van der Waals surface area (Å²) >= 11 is 0. The van der Waals surface area contributed by atoms with E-state index in [0.717, 1.165) is 37.5 Å². The van der Waals surface area contributed by atoms with Crippen LogP contribution in [0, 0.1) is 52.8 Å². The van der Waals surface area contributed by atoms with Crippen LogP contribution in [0.2, 0.25) is 0 Å². The Balaban J connectivity index is 1.29. The van der Waals surface area contributed by atoms with Crippen LogP contribution < -0.4 is 5.32 Å². The number of ether oxygens (including phenoxy) is 1. The molecule has 1 amide bonds. The van der Waals surface area contributed by atoms with Crippen molar-refractivity contribution in [3.63, 3.8) is 0 Å². The zero-order valence-electron chi connectivity index (χ0n) is 18.6. The minimum atomic E-state index is -1.00. The van der Waals surface area contributed by atoms with Crippen LogP contribution in [0.15, 0.2) is 0 Å². The minimum absolute atomic E-state index is 0.0936. The van der Waals surface area contributed by atoms with Gasteiger partial charge in [-0.05, 0) is 93.3 Å². The van der Waals surface area contributed by atoms with Gasteiger partial charge >= 0.3 is 12.1 Å². The van der Waals surface area contributed by atoms with Crippen LogP contribution in [-0.4, -0.2) is 29.8 Å². The van der Waals surface area contributed by atoms with Crippen molar-refractivity contribution in [2.24, 2.45) is 41.4 Å². The van der Waals surface area contributed by atoms with Gasteiger partial charge in [0.05, 0.1) is 12.7 Å². The predicted molar refractivity (Wildman–Crippen MR) is 116 cm³/mol. The predicted octanol–water partition coefficient (Wildman–Crippen LogP) is 5.13. The van der Waals surface area contributed by atoms with Gasteiger partial charge in [0.25, 0.3) is 0 Å². The van der Waals surface area contributed by atoms with E-state index < -0.39 is 18.1 Å². The summed E-state index contributed by atoms with van der Waals surface area (Å²) in [4.78, 5) is 24.3. The number of hydrogen-bond donors (Lipinski definition) is 2. The van der Waals surface area contributed by atoms with E-state index in [1.165, 1.54) is 51.4 Å². The minimum Gasteiger partial charge on any atom is -0.480 e. The summed E-state index contributed by atoms with van der Waals surface area (Å²) in [6, 6.07) is 1.40. The summed E-state index contributed by atoms with van der Waals surface area (Å²) in [5.74, 6) is 2.77. The van der Waals surface area contributed by atoms with Gasteiger partial charge in [-0.2, -0.15) is 5.26 Å². The fraction of sp³-hybridized carbons (Fsp3) is 0.880. The molecule has 4 fully saturated rings. The Hall–Kier alpha value is -1.77. The van der Waals surface area contributed by atoms with Crippen LogP contribution >= 0.6 is 0 Å². The van der Waals surface area contributed by atoms with E-state index in [9.17, 15) is 14.7 Å². The molecule has 5 atom stereocenters. The second kappa shape index (κ2) is 10.2. The highest BCUT2D eigenvalue weighted by Crippen LogP contribution is 2.57. The molecule has 4 aliphatic rings. The van der Waals surface area contributed by atoms with E-state index in [0.29, 0.717) is 30.8 Å². The number of alkyl carbamates (subject to hydrolysis) is 1. The van der Waals surface area contributed by atoms with Crippen LogP contribution in [0.5, 0.6) is 0 Å². The number of fused-ring (bicyclic) bond motifs is 3. The molecule has 6 nitrogen and oxygen atoms in total. The van der Waals surface area contributed by atoms with E-state index in [1.807, 2.05) is 0 Å². The van der Waals surface area contributed by atoms with Crippen molar-refractivity contribution >= 4 is 12.1 Å². The summed E-state index contributed by atoms with van der Waals surface area (Å²) in [6.45, 7) is 0.438. The van der Waals surface area contributed by atoms with Gasteiger partial charge in [-0.1, -0.05) is 25.7 Å². The van der Waals surface area contributed by atoms with Crippen molar-refractivity contribution in [3.05, 3.63) is 0 Å². The second-order valence-electron chi connectivity index (χ2n) is 10.6.